The molecule has 4 rings (SSSR count). The maximum Gasteiger partial charge on any atom is 0.492 e. The number of nitrogens with zero attached hydrogens (tertiary/aromatic N) is 3. The SMILES string of the molecule is Cc1cnc(Nc2cc3c(c(C(F)(F)F)c2)B(O)OC3)nc1NC1CCCC[C@@H]1C#N. The highest BCUT2D eigenvalue weighted by Gasteiger charge is 2.41. The minimum Gasteiger partial charge on any atom is -0.423 e. The number of fused-ring (bicyclic) bond motifs is 1. The van der Waals surface area contributed by atoms with Gasteiger partial charge in [0, 0.05) is 29.0 Å². The number of hydrogen-bond acceptors (Lipinski definition) is 7. The predicted octanol–water partition coefficient (Wildman–Crippen LogP) is 3.26. The molecule has 0 radical (unpaired) electrons. The van der Waals surface area contributed by atoms with E-state index in [4.69, 9.17) is 4.65 Å². The molecular formula is C20H21BF3N5O2. The molecule has 2 heterocycles. The Morgan fingerprint density at radius 3 is 2.81 bits per heavy atom. The summed E-state index contributed by atoms with van der Waals surface area (Å²) < 4.78 is 45.5. The Balaban J connectivity index is 1.61. The van der Waals surface area contributed by atoms with Gasteiger partial charge >= 0.3 is 13.3 Å². The lowest BCUT2D eigenvalue weighted by atomic mass is 9.75. The number of aromatic nitrogens is 2. The smallest absolute Gasteiger partial charge is 0.423 e. The lowest BCUT2D eigenvalue weighted by Gasteiger charge is -2.28. The Bertz CT molecular complexity index is 1030. The summed E-state index contributed by atoms with van der Waals surface area (Å²) in [6.45, 7) is 1.71. The molecule has 1 aliphatic carbocycles. The Labute approximate surface area is 177 Å². The minimum absolute atomic E-state index is 0.0318. The third-order valence-corrected chi connectivity index (χ3v) is 5.70. The van der Waals surface area contributed by atoms with Gasteiger partial charge in [-0.2, -0.15) is 23.4 Å². The van der Waals surface area contributed by atoms with E-state index < -0.39 is 18.9 Å². The summed E-state index contributed by atoms with van der Waals surface area (Å²) in [6, 6.07) is 4.71. The fraction of sp³-hybridized carbons (Fsp3) is 0.450. The molecule has 1 aromatic carbocycles. The largest absolute Gasteiger partial charge is 0.492 e. The van der Waals surface area contributed by atoms with Crippen molar-refractivity contribution in [2.45, 2.75) is 51.4 Å². The fourth-order valence-corrected chi connectivity index (χ4v) is 4.09. The molecule has 0 amide bonds. The van der Waals surface area contributed by atoms with Crippen molar-refractivity contribution in [2.75, 3.05) is 10.6 Å². The lowest BCUT2D eigenvalue weighted by Crippen LogP contribution is -2.34. The van der Waals surface area contributed by atoms with Gasteiger partial charge in [-0.25, -0.2) is 4.98 Å². The van der Waals surface area contributed by atoms with Crippen LogP contribution in [0.4, 0.5) is 30.6 Å². The number of nitrogens with one attached hydrogen (secondary N) is 2. The van der Waals surface area contributed by atoms with Gasteiger partial charge < -0.3 is 20.3 Å². The topological polar surface area (TPSA) is 103 Å². The molecule has 0 spiro atoms. The van der Waals surface area contributed by atoms with E-state index in [0.717, 1.165) is 37.3 Å². The van der Waals surface area contributed by atoms with Gasteiger partial charge in [0.2, 0.25) is 5.95 Å². The number of nitriles is 1. The Kier molecular flexibility index (Phi) is 5.77. The van der Waals surface area contributed by atoms with Gasteiger partial charge in [0.05, 0.1) is 24.2 Å². The first-order valence-corrected chi connectivity index (χ1v) is 10.1. The van der Waals surface area contributed by atoms with Crippen molar-refractivity contribution >= 4 is 30.0 Å². The van der Waals surface area contributed by atoms with E-state index in [9.17, 15) is 23.5 Å². The molecule has 162 valence electrons. The zero-order chi connectivity index (χ0) is 22.2. The first-order valence-electron chi connectivity index (χ1n) is 10.1. The highest BCUT2D eigenvalue weighted by Crippen LogP contribution is 2.34. The average molecular weight is 431 g/mol. The van der Waals surface area contributed by atoms with Crippen LogP contribution in [0.5, 0.6) is 0 Å². The van der Waals surface area contributed by atoms with Crippen LogP contribution in [-0.4, -0.2) is 28.2 Å². The molecule has 2 aromatic rings. The number of hydrogen-bond donors (Lipinski definition) is 3. The van der Waals surface area contributed by atoms with Crippen LogP contribution in [0.1, 0.15) is 42.4 Å². The van der Waals surface area contributed by atoms with E-state index >= 15 is 0 Å². The predicted molar refractivity (Wildman–Crippen MR) is 109 cm³/mol. The molecule has 0 saturated heterocycles. The Morgan fingerprint density at radius 1 is 1.29 bits per heavy atom. The summed E-state index contributed by atoms with van der Waals surface area (Å²) >= 11 is 0. The van der Waals surface area contributed by atoms with E-state index in [1.165, 1.54) is 6.07 Å². The fourth-order valence-electron chi connectivity index (χ4n) is 4.09. The second-order valence-corrected chi connectivity index (χ2v) is 7.88. The normalized spacial score (nSPS) is 20.8. The molecule has 1 unspecified atom stereocenters. The van der Waals surface area contributed by atoms with Gasteiger partial charge in [-0.05, 0) is 37.5 Å². The quantitative estimate of drug-likeness (QED) is 0.639. The zero-order valence-electron chi connectivity index (χ0n) is 16.8. The van der Waals surface area contributed by atoms with Crippen LogP contribution >= 0.6 is 0 Å². The van der Waals surface area contributed by atoms with Gasteiger partial charge in [0.1, 0.15) is 5.82 Å². The average Bonchev–Trinajstić information content (AvgIpc) is 3.10. The summed E-state index contributed by atoms with van der Waals surface area (Å²) in [5.74, 6) is 0.558. The second-order valence-electron chi connectivity index (χ2n) is 7.88. The number of anilines is 3. The van der Waals surface area contributed by atoms with Crippen LogP contribution in [0.2, 0.25) is 0 Å². The summed E-state index contributed by atoms with van der Waals surface area (Å²) in [5.41, 5.74) is -0.0399. The van der Waals surface area contributed by atoms with Crippen molar-refractivity contribution in [3.63, 3.8) is 0 Å². The van der Waals surface area contributed by atoms with Crippen LogP contribution in [-0.2, 0) is 17.4 Å². The van der Waals surface area contributed by atoms with Crippen molar-refractivity contribution in [2.24, 2.45) is 5.92 Å². The van der Waals surface area contributed by atoms with Gasteiger partial charge in [-0.1, -0.05) is 12.8 Å². The molecular weight excluding hydrogens is 410 g/mol. The van der Waals surface area contributed by atoms with Crippen LogP contribution in [0.25, 0.3) is 0 Å². The van der Waals surface area contributed by atoms with Crippen molar-refractivity contribution in [1.82, 2.24) is 9.97 Å². The van der Waals surface area contributed by atoms with Crippen molar-refractivity contribution in [3.05, 3.63) is 35.0 Å². The molecule has 1 saturated carbocycles. The summed E-state index contributed by atoms with van der Waals surface area (Å²) in [7, 11) is -1.60. The standard InChI is InChI=1S/C20H21BF3N5O2/c1-11-9-26-19(29-18(11)28-16-5-3-2-4-12(16)8-25)27-14-6-13-10-31-21(30)17(13)15(7-14)20(22,23)24/h6-7,9,12,16,30H,2-5,10H2,1H3,(H2,26,27,28,29)/t12-,16?/m1/s1. The first-order chi connectivity index (χ1) is 14.8. The highest BCUT2D eigenvalue weighted by atomic mass is 19.4. The van der Waals surface area contributed by atoms with Gasteiger partial charge in [0.15, 0.2) is 0 Å². The summed E-state index contributed by atoms with van der Waals surface area (Å²) in [5, 5.41) is 25.3. The number of halogens is 3. The number of aryl methyl sites for hydroxylation is 1. The number of rotatable bonds is 4. The van der Waals surface area contributed by atoms with Gasteiger partial charge in [-0.3, -0.25) is 0 Å². The molecule has 11 heteroatoms. The molecule has 1 aliphatic heterocycles. The minimum atomic E-state index is -4.65. The molecule has 7 nitrogen and oxygen atoms in total. The molecule has 31 heavy (non-hydrogen) atoms. The van der Waals surface area contributed by atoms with E-state index in [2.05, 4.69) is 26.7 Å². The van der Waals surface area contributed by atoms with E-state index in [1.54, 1.807) is 6.20 Å². The van der Waals surface area contributed by atoms with Crippen LogP contribution < -0.4 is 16.1 Å². The first kappa shape index (κ1) is 21.4. The number of benzene rings is 1. The molecule has 2 aliphatic rings. The molecule has 1 aromatic heterocycles. The van der Waals surface area contributed by atoms with E-state index in [0.29, 0.717) is 5.82 Å². The molecule has 0 bridgehead atoms. The highest BCUT2D eigenvalue weighted by molar-refractivity contribution is 6.62. The van der Waals surface area contributed by atoms with E-state index in [-0.39, 0.29) is 41.2 Å². The van der Waals surface area contributed by atoms with Gasteiger partial charge in [-0.15, -0.1) is 0 Å². The van der Waals surface area contributed by atoms with Gasteiger partial charge in [0.25, 0.3) is 0 Å². The monoisotopic (exact) mass is 431 g/mol. The van der Waals surface area contributed by atoms with E-state index in [1.807, 2.05) is 6.92 Å². The maximum atomic E-state index is 13.5. The Morgan fingerprint density at radius 2 is 2.06 bits per heavy atom. The van der Waals surface area contributed by atoms with Crippen LogP contribution in [0.3, 0.4) is 0 Å². The summed E-state index contributed by atoms with van der Waals surface area (Å²) in [4.78, 5) is 8.60. The zero-order valence-corrected chi connectivity index (χ0v) is 16.8. The second kappa shape index (κ2) is 8.36. The maximum absolute atomic E-state index is 13.5. The number of alkyl halides is 3. The van der Waals surface area contributed by atoms with Crippen molar-refractivity contribution in [3.8, 4) is 6.07 Å². The summed E-state index contributed by atoms with van der Waals surface area (Å²) in [6.07, 6.45) is 0.648. The van der Waals surface area contributed by atoms with Crippen LogP contribution in [0, 0.1) is 24.2 Å². The van der Waals surface area contributed by atoms with Crippen molar-refractivity contribution in [1.29, 1.82) is 5.26 Å². The van der Waals surface area contributed by atoms with Crippen LogP contribution in [0.15, 0.2) is 18.3 Å². The molecule has 2 atom stereocenters. The molecule has 1 fully saturated rings. The Hall–Kier alpha value is -2.84. The third kappa shape index (κ3) is 4.45. The van der Waals surface area contributed by atoms with Crippen molar-refractivity contribution < 1.29 is 22.8 Å². The third-order valence-electron chi connectivity index (χ3n) is 5.70. The molecule has 3 N–H and O–H groups in total. The lowest BCUT2D eigenvalue weighted by molar-refractivity contribution is -0.136.